The van der Waals surface area contributed by atoms with Gasteiger partial charge in [0.15, 0.2) is 5.71 Å². The first-order valence-electron chi connectivity index (χ1n) is 12.6. The summed E-state index contributed by atoms with van der Waals surface area (Å²) in [6.45, 7) is 3.97. The van der Waals surface area contributed by atoms with E-state index >= 15 is 0 Å². The fourth-order valence-electron chi connectivity index (χ4n) is 3.72. The first-order valence-corrected chi connectivity index (χ1v) is 13.0. The van der Waals surface area contributed by atoms with Crippen molar-refractivity contribution in [3.8, 4) is 0 Å². The molecule has 224 valence electrons. The Morgan fingerprint density at radius 1 is 0.767 bits per heavy atom. The van der Waals surface area contributed by atoms with E-state index in [1.165, 1.54) is 67.8 Å². The first kappa shape index (κ1) is 32.3. The second-order valence-corrected chi connectivity index (χ2v) is 10.2. The summed E-state index contributed by atoms with van der Waals surface area (Å²) in [7, 11) is 1.19. The van der Waals surface area contributed by atoms with Crippen molar-refractivity contribution in [2.24, 2.45) is 5.16 Å². The van der Waals surface area contributed by atoms with E-state index in [0.29, 0.717) is 10.0 Å². The molecule has 0 aliphatic heterocycles. The van der Waals surface area contributed by atoms with Crippen LogP contribution in [0.5, 0.6) is 0 Å². The van der Waals surface area contributed by atoms with Gasteiger partial charge in [-0.15, -0.1) is 5.01 Å². The number of carboxylic acids is 1. The quantitative estimate of drug-likeness (QED) is 0.160. The summed E-state index contributed by atoms with van der Waals surface area (Å²) >= 11 is 5.96. The first-order chi connectivity index (χ1) is 20.3. The molecule has 0 atom stereocenters. The molecule has 0 aliphatic carbocycles. The Morgan fingerprint density at radius 2 is 1.30 bits per heavy atom. The number of amides is 3. The van der Waals surface area contributed by atoms with Gasteiger partial charge in [-0.25, -0.2) is 19.4 Å². The number of hydrogen-bond acceptors (Lipinski definition) is 9. The number of aliphatic carboxylic acids is 1. The Kier molecular flexibility index (Phi) is 10.6. The normalized spacial score (nSPS) is 11.2. The van der Waals surface area contributed by atoms with E-state index in [9.17, 15) is 29.1 Å². The third-order valence-electron chi connectivity index (χ3n) is 5.66. The molecule has 0 aromatic heterocycles. The SMILES string of the molecule is CON=C(C(=O)O)c1ccc(C(=O)OCOC(=O)N(C(=O)c2ccc(Cl)cc2)N(C(=O)c2ccccc2)C(C)(C)C)cc1. The second-order valence-electron chi connectivity index (χ2n) is 9.74. The third-order valence-corrected chi connectivity index (χ3v) is 5.91. The molecule has 0 unspecified atom stereocenters. The average molecular weight is 610 g/mol. The fraction of sp³-hybridized carbons (Fsp3) is 0.200. The molecule has 3 rings (SSSR count). The lowest BCUT2D eigenvalue weighted by atomic mass is 10.1. The molecular weight excluding hydrogens is 582 g/mol. The molecule has 3 aromatic carbocycles. The highest BCUT2D eigenvalue weighted by Gasteiger charge is 2.41. The van der Waals surface area contributed by atoms with Crippen LogP contribution in [0.25, 0.3) is 0 Å². The number of nitrogens with zero attached hydrogens (tertiary/aromatic N) is 3. The number of carboxylic acid groups (broad SMARTS) is 1. The largest absolute Gasteiger partial charge is 0.476 e. The number of oxime groups is 1. The minimum absolute atomic E-state index is 0.00613. The average Bonchev–Trinajstić information content (AvgIpc) is 2.98. The molecule has 0 fully saturated rings. The zero-order chi connectivity index (χ0) is 31.7. The highest BCUT2D eigenvalue weighted by molar-refractivity contribution is 6.42. The van der Waals surface area contributed by atoms with Crippen LogP contribution in [0.1, 0.15) is 57.4 Å². The summed E-state index contributed by atoms with van der Waals surface area (Å²) in [6, 6.07) is 18.9. The van der Waals surface area contributed by atoms with Gasteiger partial charge in [0.05, 0.1) is 11.1 Å². The van der Waals surface area contributed by atoms with E-state index in [1.807, 2.05) is 0 Å². The van der Waals surface area contributed by atoms with Crippen LogP contribution in [0.3, 0.4) is 0 Å². The van der Waals surface area contributed by atoms with Gasteiger partial charge in [-0.3, -0.25) is 9.59 Å². The number of ether oxygens (including phenoxy) is 2. The molecule has 0 radical (unpaired) electrons. The topological polar surface area (TPSA) is 152 Å². The maximum Gasteiger partial charge on any atom is 0.439 e. The third kappa shape index (κ3) is 8.17. The lowest BCUT2D eigenvalue weighted by Gasteiger charge is -2.41. The van der Waals surface area contributed by atoms with E-state index in [0.717, 1.165) is 5.01 Å². The molecular formula is C30H28ClN3O9. The predicted octanol–water partition coefficient (Wildman–Crippen LogP) is 5.02. The van der Waals surface area contributed by atoms with Gasteiger partial charge < -0.3 is 19.4 Å². The van der Waals surface area contributed by atoms with Crippen LogP contribution >= 0.6 is 11.6 Å². The molecule has 0 saturated heterocycles. The zero-order valence-electron chi connectivity index (χ0n) is 23.6. The molecule has 3 amide bonds. The van der Waals surface area contributed by atoms with Crippen LogP contribution in [-0.2, 0) is 19.1 Å². The van der Waals surface area contributed by atoms with Gasteiger partial charge in [0.25, 0.3) is 11.8 Å². The van der Waals surface area contributed by atoms with E-state index in [4.69, 9.17) is 21.1 Å². The number of esters is 1. The maximum atomic E-state index is 13.6. The highest BCUT2D eigenvalue weighted by atomic mass is 35.5. The van der Waals surface area contributed by atoms with Crippen molar-refractivity contribution in [3.63, 3.8) is 0 Å². The monoisotopic (exact) mass is 609 g/mol. The molecule has 1 N–H and O–H groups in total. The van der Waals surface area contributed by atoms with Gasteiger partial charge >= 0.3 is 18.0 Å². The molecule has 0 heterocycles. The summed E-state index contributed by atoms with van der Waals surface area (Å²) in [6.07, 6.45) is -1.29. The molecule has 0 spiro atoms. The van der Waals surface area contributed by atoms with Gasteiger partial charge in [-0.1, -0.05) is 47.1 Å². The summed E-state index contributed by atoms with van der Waals surface area (Å²) in [5.74, 6) is -3.81. The zero-order valence-corrected chi connectivity index (χ0v) is 24.4. The van der Waals surface area contributed by atoms with Crippen LogP contribution in [0.2, 0.25) is 5.02 Å². The molecule has 12 nitrogen and oxygen atoms in total. The molecule has 3 aromatic rings. The van der Waals surface area contributed by atoms with Crippen LogP contribution in [0.15, 0.2) is 84.0 Å². The van der Waals surface area contributed by atoms with Crippen molar-refractivity contribution in [2.75, 3.05) is 13.9 Å². The molecule has 43 heavy (non-hydrogen) atoms. The summed E-state index contributed by atoms with van der Waals surface area (Å²) in [5.41, 5.74) is -1.07. The van der Waals surface area contributed by atoms with Gasteiger partial charge in [0, 0.05) is 21.7 Å². The second kappa shape index (κ2) is 14.1. The van der Waals surface area contributed by atoms with Crippen molar-refractivity contribution < 1.29 is 43.4 Å². The number of imide groups is 1. The van der Waals surface area contributed by atoms with Gasteiger partial charge in [-0.2, -0.15) is 0 Å². The van der Waals surface area contributed by atoms with Crippen molar-refractivity contribution >= 4 is 47.2 Å². The standard InChI is InChI=1S/C30H28ClN3O9/c1-30(2,3)34(26(36)20-8-6-5-7-9-20)33(25(35)21-14-16-23(31)17-15-21)29(40)43-18-42-28(39)22-12-10-19(11-13-22)24(27(37)38)32-41-4/h5-17H,18H2,1-4H3,(H,37,38). The van der Waals surface area contributed by atoms with Gasteiger partial charge in [0.2, 0.25) is 6.79 Å². The van der Waals surface area contributed by atoms with E-state index < -0.39 is 42.2 Å². The van der Waals surface area contributed by atoms with Gasteiger partial charge in [0.1, 0.15) is 7.11 Å². The number of hydrogen-bond donors (Lipinski definition) is 1. The Labute approximate surface area is 252 Å². The number of carbonyl (C=O) groups is 5. The maximum absolute atomic E-state index is 13.6. The Balaban J connectivity index is 1.84. The number of hydrazine groups is 1. The van der Waals surface area contributed by atoms with Crippen molar-refractivity contribution in [2.45, 2.75) is 26.3 Å². The Bertz CT molecular complexity index is 1520. The fourth-order valence-corrected chi connectivity index (χ4v) is 3.84. The summed E-state index contributed by atoms with van der Waals surface area (Å²) in [4.78, 5) is 69.1. The van der Waals surface area contributed by atoms with E-state index in [1.54, 1.807) is 39.0 Å². The van der Waals surface area contributed by atoms with Crippen LogP contribution in [0.4, 0.5) is 4.79 Å². The van der Waals surface area contributed by atoms with Crippen molar-refractivity contribution in [1.82, 2.24) is 10.0 Å². The van der Waals surface area contributed by atoms with Crippen LogP contribution in [0, 0.1) is 0 Å². The molecule has 0 bridgehead atoms. The number of rotatable bonds is 8. The smallest absolute Gasteiger partial charge is 0.439 e. The Hall–Kier alpha value is -5.23. The Morgan fingerprint density at radius 3 is 1.84 bits per heavy atom. The molecule has 0 aliphatic rings. The van der Waals surface area contributed by atoms with Gasteiger partial charge in [-0.05, 0) is 69.3 Å². The lowest BCUT2D eigenvalue weighted by Crippen LogP contribution is -2.60. The number of benzene rings is 3. The molecule has 13 heteroatoms. The van der Waals surface area contributed by atoms with Crippen molar-refractivity contribution in [3.05, 3.63) is 106 Å². The number of carbonyl (C=O) groups excluding carboxylic acids is 4. The van der Waals surface area contributed by atoms with E-state index in [-0.39, 0.29) is 28.0 Å². The van der Waals surface area contributed by atoms with Crippen LogP contribution in [-0.4, -0.2) is 70.1 Å². The molecule has 0 saturated carbocycles. The predicted molar refractivity (Wildman–Crippen MR) is 154 cm³/mol. The van der Waals surface area contributed by atoms with Crippen LogP contribution < -0.4 is 0 Å². The minimum Gasteiger partial charge on any atom is -0.476 e. The minimum atomic E-state index is -1.34. The van der Waals surface area contributed by atoms with Crippen molar-refractivity contribution in [1.29, 1.82) is 0 Å². The number of halogens is 1. The highest BCUT2D eigenvalue weighted by Crippen LogP contribution is 2.24. The summed E-state index contributed by atoms with van der Waals surface area (Å²) < 4.78 is 10.2. The lowest BCUT2D eigenvalue weighted by molar-refractivity contribution is -0.129. The van der Waals surface area contributed by atoms with E-state index in [2.05, 4.69) is 9.99 Å². The summed E-state index contributed by atoms with van der Waals surface area (Å²) in [5, 5.41) is 14.5.